The second-order valence-corrected chi connectivity index (χ2v) is 0.838. The predicted molar refractivity (Wildman–Crippen MR) is 20.9 cm³/mol. The van der Waals surface area contributed by atoms with E-state index >= 15 is 0 Å². The molecule has 0 fully saturated rings. The Balaban J connectivity index is 0.000000360. The van der Waals surface area contributed by atoms with Crippen LogP contribution < -0.4 is 29.6 Å². The molecule has 0 spiro atoms. The van der Waals surface area contributed by atoms with Gasteiger partial charge in [0.2, 0.25) is 0 Å². The van der Waals surface area contributed by atoms with Crippen molar-refractivity contribution < 1.29 is 29.6 Å². The molecule has 3 heteroatoms. The summed E-state index contributed by atoms with van der Waals surface area (Å²) in [4.78, 5) is 7.19. The number of rotatable bonds is 0. The monoisotopic (exact) mass is 102 g/mol. The molecule has 1 rings (SSSR count). The van der Waals surface area contributed by atoms with E-state index in [2.05, 4.69) is 16.2 Å². The zero-order valence-corrected chi connectivity index (χ0v) is 6.13. The Morgan fingerprint density at radius 3 is 2.43 bits per heavy atom. The Morgan fingerprint density at radius 2 is 2.29 bits per heavy atom. The molecule has 2 nitrogen and oxygen atoms in total. The maximum absolute atomic E-state index is 3.64. The summed E-state index contributed by atoms with van der Waals surface area (Å²) in [5, 5.41) is 0. The molecule has 0 aliphatic heterocycles. The fraction of sp³-hybridized carbons (Fsp3) is 0. The summed E-state index contributed by atoms with van der Waals surface area (Å²) in [6.07, 6.45) is 5.66. The Morgan fingerprint density at radius 1 is 1.43 bits per heavy atom. The zero-order chi connectivity index (χ0) is 4.24. The van der Waals surface area contributed by atoms with E-state index in [0.717, 1.165) is 0 Å². The first kappa shape index (κ1) is 7.08. The minimum Gasteiger partial charge on any atom is -0.376 e. The standard InChI is InChI=1S/C4H3N2.Na/c1-2-5-4-6-3-1;/h1-2,4H;/q-1;+1. The van der Waals surface area contributed by atoms with Gasteiger partial charge in [0.1, 0.15) is 0 Å². The van der Waals surface area contributed by atoms with Crippen LogP contribution in [-0.4, -0.2) is 9.97 Å². The molecular weight excluding hydrogens is 99.0 g/mol. The third-order valence-corrected chi connectivity index (χ3v) is 0.434. The van der Waals surface area contributed by atoms with Crippen molar-refractivity contribution in [1.29, 1.82) is 0 Å². The van der Waals surface area contributed by atoms with Gasteiger partial charge < -0.3 is 9.97 Å². The number of nitrogens with zero attached hydrogens (tertiary/aromatic N) is 2. The van der Waals surface area contributed by atoms with E-state index in [1.807, 2.05) is 0 Å². The van der Waals surface area contributed by atoms with Gasteiger partial charge in [0, 0.05) is 0 Å². The zero-order valence-electron chi connectivity index (χ0n) is 4.13. The summed E-state index contributed by atoms with van der Waals surface area (Å²) in [6.45, 7) is 0. The van der Waals surface area contributed by atoms with Gasteiger partial charge in [0.05, 0.1) is 0 Å². The molecule has 1 aromatic heterocycles. The van der Waals surface area contributed by atoms with Crippen LogP contribution in [-0.2, 0) is 0 Å². The fourth-order valence-corrected chi connectivity index (χ4v) is 0.225. The van der Waals surface area contributed by atoms with Crippen molar-refractivity contribution in [3.8, 4) is 0 Å². The van der Waals surface area contributed by atoms with Gasteiger partial charge in [-0.05, 0) is 6.33 Å². The van der Waals surface area contributed by atoms with Crippen molar-refractivity contribution >= 4 is 0 Å². The van der Waals surface area contributed by atoms with Gasteiger partial charge in [-0.1, -0.05) is 12.4 Å². The Labute approximate surface area is 64.3 Å². The molecule has 0 aliphatic carbocycles. The quantitative estimate of drug-likeness (QED) is 0.263. The van der Waals surface area contributed by atoms with Crippen molar-refractivity contribution in [2.45, 2.75) is 0 Å². The largest absolute Gasteiger partial charge is 1.00 e. The number of hydrogen-bond acceptors (Lipinski definition) is 2. The summed E-state index contributed by atoms with van der Waals surface area (Å²) >= 11 is 0. The van der Waals surface area contributed by atoms with Gasteiger partial charge >= 0.3 is 29.6 Å². The van der Waals surface area contributed by atoms with Gasteiger partial charge in [0.15, 0.2) is 0 Å². The fourth-order valence-electron chi connectivity index (χ4n) is 0.225. The maximum Gasteiger partial charge on any atom is 1.00 e. The van der Waals surface area contributed by atoms with Crippen LogP contribution in [0.3, 0.4) is 0 Å². The van der Waals surface area contributed by atoms with E-state index in [9.17, 15) is 0 Å². The number of hydrogen-bond donors (Lipinski definition) is 0. The van der Waals surface area contributed by atoms with Crippen LogP contribution in [0.5, 0.6) is 0 Å². The van der Waals surface area contributed by atoms with E-state index < -0.39 is 0 Å². The maximum atomic E-state index is 3.64. The minimum atomic E-state index is 0. The first-order valence-corrected chi connectivity index (χ1v) is 1.62. The average Bonchev–Trinajstić information content (AvgIpc) is 1.72. The summed E-state index contributed by atoms with van der Waals surface area (Å²) in [7, 11) is 0. The Kier molecular flexibility index (Phi) is 4.29. The second-order valence-electron chi connectivity index (χ2n) is 0.838. The van der Waals surface area contributed by atoms with Gasteiger partial charge in [-0.15, -0.1) is 6.07 Å². The van der Waals surface area contributed by atoms with Crippen LogP contribution in [0.4, 0.5) is 0 Å². The van der Waals surface area contributed by atoms with Crippen molar-refractivity contribution in [1.82, 2.24) is 9.97 Å². The molecule has 1 heterocycles. The van der Waals surface area contributed by atoms with Crippen LogP contribution >= 0.6 is 0 Å². The third kappa shape index (κ3) is 2.74. The molecule has 0 bridgehead atoms. The van der Waals surface area contributed by atoms with Crippen molar-refractivity contribution in [3.63, 3.8) is 0 Å². The molecule has 0 atom stereocenters. The summed E-state index contributed by atoms with van der Waals surface area (Å²) < 4.78 is 0. The van der Waals surface area contributed by atoms with E-state index in [0.29, 0.717) is 0 Å². The van der Waals surface area contributed by atoms with Crippen LogP contribution in [0.2, 0.25) is 0 Å². The smallest absolute Gasteiger partial charge is 0.376 e. The normalized spacial score (nSPS) is 6.86. The van der Waals surface area contributed by atoms with E-state index in [-0.39, 0.29) is 29.6 Å². The van der Waals surface area contributed by atoms with E-state index in [1.165, 1.54) is 6.33 Å². The van der Waals surface area contributed by atoms with Crippen molar-refractivity contribution in [2.24, 2.45) is 0 Å². The van der Waals surface area contributed by atoms with Gasteiger partial charge in [-0.3, -0.25) is 0 Å². The Bertz CT molecular complexity index is 81.6. The minimum absolute atomic E-state index is 0. The Hall–Kier alpha value is 0.0800. The average molecular weight is 102 g/mol. The SMILES string of the molecule is [Na+].[c-]1ccncn1. The van der Waals surface area contributed by atoms with Crippen molar-refractivity contribution in [3.05, 3.63) is 24.8 Å². The van der Waals surface area contributed by atoms with Gasteiger partial charge in [-0.2, -0.15) is 0 Å². The summed E-state index contributed by atoms with van der Waals surface area (Å²) in [6, 6.07) is 1.65. The first-order chi connectivity index (χ1) is 3.00. The van der Waals surface area contributed by atoms with Gasteiger partial charge in [-0.25, -0.2) is 0 Å². The predicted octanol–water partition coefficient (Wildman–Crippen LogP) is -2.72. The first-order valence-electron chi connectivity index (χ1n) is 1.62. The summed E-state index contributed by atoms with van der Waals surface area (Å²) in [5.74, 6) is 0. The molecular formula is C4H3N2Na. The van der Waals surface area contributed by atoms with E-state index in [4.69, 9.17) is 0 Å². The molecule has 0 amide bonds. The summed E-state index contributed by atoms with van der Waals surface area (Å²) in [5.41, 5.74) is 0. The van der Waals surface area contributed by atoms with Crippen molar-refractivity contribution in [2.75, 3.05) is 0 Å². The molecule has 0 radical (unpaired) electrons. The molecule has 0 saturated heterocycles. The molecule has 0 unspecified atom stereocenters. The molecule has 30 valence electrons. The molecule has 0 aliphatic rings. The van der Waals surface area contributed by atoms with Crippen LogP contribution in [0, 0.1) is 6.20 Å². The topological polar surface area (TPSA) is 25.8 Å². The number of aromatic nitrogens is 2. The second kappa shape index (κ2) is 4.24. The van der Waals surface area contributed by atoms with Crippen LogP contribution in [0.1, 0.15) is 0 Å². The van der Waals surface area contributed by atoms with E-state index in [1.54, 1.807) is 12.3 Å². The van der Waals surface area contributed by atoms with Crippen LogP contribution in [0.15, 0.2) is 18.6 Å². The van der Waals surface area contributed by atoms with Gasteiger partial charge in [0.25, 0.3) is 0 Å². The molecule has 7 heavy (non-hydrogen) atoms. The molecule has 0 saturated carbocycles. The third-order valence-electron chi connectivity index (χ3n) is 0.434. The molecule has 0 aromatic carbocycles. The molecule has 0 N–H and O–H groups in total. The molecule has 1 aromatic rings. The van der Waals surface area contributed by atoms with Crippen LogP contribution in [0.25, 0.3) is 0 Å².